The third kappa shape index (κ3) is 4.23. The van der Waals surface area contributed by atoms with E-state index in [0.29, 0.717) is 22.0 Å². The number of aryl methyl sites for hydroxylation is 1. The van der Waals surface area contributed by atoms with E-state index in [9.17, 15) is 14.4 Å². The fourth-order valence-electron chi connectivity index (χ4n) is 3.19. The zero-order valence-corrected chi connectivity index (χ0v) is 18.4. The molecule has 0 unspecified atom stereocenters. The predicted octanol–water partition coefficient (Wildman–Crippen LogP) is 5.34. The third-order valence-corrected chi connectivity index (χ3v) is 5.52. The van der Waals surface area contributed by atoms with Crippen LogP contribution < -0.4 is 15.5 Å². The lowest BCUT2D eigenvalue weighted by molar-refractivity contribution is -0.120. The minimum absolute atomic E-state index is 0.0382. The second kappa shape index (κ2) is 8.86. The molecule has 2 N–H and O–H groups in total. The van der Waals surface area contributed by atoms with Crippen LogP contribution in [0.4, 0.5) is 17.1 Å². The first-order valence-corrected chi connectivity index (χ1v) is 10.4. The maximum Gasteiger partial charge on any atom is 0.283 e. The Kier molecular flexibility index (Phi) is 5.99. The van der Waals surface area contributed by atoms with Crippen LogP contribution in [-0.2, 0) is 9.59 Å². The Labute approximate surface area is 194 Å². The molecule has 0 spiro atoms. The summed E-state index contributed by atoms with van der Waals surface area (Å²) in [5.41, 5.74) is 2.95. The van der Waals surface area contributed by atoms with E-state index < -0.39 is 11.8 Å². The largest absolute Gasteiger partial charge is 0.350 e. The molecule has 160 valence electrons. The fraction of sp³-hybridized carbons (Fsp3) is 0.0417. The number of amides is 3. The molecule has 6 nitrogen and oxygen atoms in total. The van der Waals surface area contributed by atoms with Crippen LogP contribution in [0.5, 0.6) is 0 Å². The summed E-state index contributed by atoms with van der Waals surface area (Å²) in [5.74, 6) is -1.47. The summed E-state index contributed by atoms with van der Waals surface area (Å²) in [5, 5.41) is 6.01. The Balaban J connectivity index is 1.49. The Morgan fingerprint density at radius 3 is 2.16 bits per heavy atom. The van der Waals surface area contributed by atoms with Gasteiger partial charge in [-0.15, -0.1) is 0 Å². The van der Waals surface area contributed by atoms with E-state index in [1.807, 2.05) is 31.2 Å². The van der Waals surface area contributed by atoms with Gasteiger partial charge in [-0.25, -0.2) is 4.90 Å². The lowest BCUT2D eigenvalue weighted by Crippen LogP contribution is -2.32. The van der Waals surface area contributed by atoms with Crippen LogP contribution in [0.2, 0.25) is 5.02 Å². The lowest BCUT2D eigenvalue weighted by atomic mass is 10.1. The molecule has 8 heteroatoms. The van der Waals surface area contributed by atoms with Crippen LogP contribution in [0.1, 0.15) is 15.9 Å². The summed E-state index contributed by atoms with van der Waals surface area (Å²) >= 11 is 12.0. The van der Waals surface area contributed by atoms with Gasteiger partial charge in [-0.3, -0.25) is 14.4 Å². The maximum absolute atomic E-state index is 12.8. The highest BCUT2D eigenvalue weighted by Gasteiger charge is 2.38. The van der Waals surface area contributed by atoms with Crippen LogP contribution in [0.15, 0.2) is 83.5 Å². The van der Waals surface area contributed by atoms with Gasteiger partial charge in [0.2, 0.25) is 0 Å². The summed E-state index contributed by atoms with van der Waals surface area (Å²) in [6, 6.07) is 20.3. The number of halogens is 2. The monoisotopic (exact) mass is 465 g/mol. The Bertz CT molecular complexity index is 1250. The van der Waals surface area contributed by atoms with Crippen molar-refractivity contribution in [3.63, 3.8) is 0 Å². The van der Waals surface area contributed by atoms with E-state index >= 15 is 0 Å². The van der Waals surface area contributed by atoms with Gasteiger partial charge in [-0.05, 0) is 67.1 Å². The second-order valence-electron chi connectivity index (χ2n) is 7.08. The van der Waals surface area contributed by atoms with Crippen molar-refractivity contribution in [3.8, 4) is 0 Å². The van der Waals surface area contributed by atoms with Crippen molar-refractivity contribution >= 4 is 58.0 Å². The Morgan fingerprint density at radius 2 is 1.50 bits per heavy atom. The standard InChI is InChI=1S/C24H17Cl2N3O3/c1-14-4-2-3-5-19(14)28-22(30)15-6-10-17(11-7-15)27-21-20(26)23(31)29(24(21)32)18-12-8-16(25)9-13-18/h2-13,27H,1H3,(H,28,30). The van der Waals surface area contributed by atoms with Crippen molar-refractivity contribution in [1.82, 2.24) is 0 Å². The molecule has 0 bridgehead atoms. The average Bonchev–Trinajstić information content (AvgIpc) is 3.00. The normalized spacial score (nSPS) is 13.5. The number of anilines is 3. The molecule has 0 aromatic heterocycles. The van der Waals surface area contributed by atoms with Gasteiger partial charge in [-0.2, -0.15) is 0 Å². The summed E-state index contributed by atoms with van der Waals surface area (Å²) in [6.45, 7) is 1.91. The predicted molar refractivity (Wildman–Crippen MR) is 126 cm³/mol. The molecule has 0 atom stereocenters. The van der Waals surface area contributed by atoms with Gasteiger partial charge in [0.25, 0.3) is 17.7 Å². The zero-order valence-electron chi connectivity index (χ0n) is 16.9. The Hall–Kier alpha value is -3.61. The van der Waals surface area contributed by atoms with Crippen molar-refractivity contribution in [2.45, 2.75) is 6.92 Å². The fourth-order valence-corrected chi connectivity index (χ4v) is 3.53. The molecular formula is C24H17Cl2N3O3. The molecule has 0 fully saturated rings. The molecule has 3 amide bonds. The smallest absolute Gasteiger partial charge is 0.283 e. The number of rotatable bonds is 5. The molecule has 1 heterocycles. The number of carbonyl (C=O) groups excluding carboxylic acids is 3. The highest BCUT2D eigenvalue weighted by Crippen LogP contribution is 2.30. The molecule has 0 radical (unpaired) electrons. The SMILES string of the molecule is Cc1ccccc1NC(=O)c1ccc(NC2=C(Cl)C(=O)N(c3ccc(Cl)cc3)C2=O)cc1. The van der Waals surface area contributed by atoms with Gasteiger partial charge in [0.15, 0.2) is 0 Å². The van der Waals surface area contributed by atoms with Gasteiger partial charge >= 0.3 is 0 Å². The lowest BCUT2D eigenvalue weighted by Gasteiger charge is -2.15. The highest BCUT2D eigenvalue weighted by molar-refractivity contribution is 6.53. The summed E-state index contributed by atoms with van der Waals surface area (Å²) in [7, 11) is 0. The molecule has 0 saturated carbocycles. The number of benzene rings is 3. The molecule has 1 aliphatic heterocycles. The van der Waals surface area contributed by atoms with E-state index in [0.717, 1.165) is 16.2 Å². The number of para-hydroxylation sites is 1. The van der Waals surface area contributed by atoms with Gasteiger partial charge < -0.3 is 10.6 Å². The van der Waals surface area contributed by atoms with E-state index in [4.69, 9.17) is 23.2 Å². The van der Waals surface area contributed by atoms with Crippen LogP contribution in [0.25, 0.3) is 0 Å². The maximum atomic E-state index is 12.8. The van der Waals surface area contributed by atoms with Crippen LogP contribution >= 0.6 is 23.2 Å². The number of hydrogen-bond donors (Lipinski definition) is 2. The first-order chi connectivity index (χ1) is 15.3. The highest BCUT2D eigenvalue weighted by atomic mass is 35.5. The van der Waals surface area contributed by atoms with Crippen molar-refractivity contribution in [1.29, 1.82) is 0 Å². The van der Waals surface area contributed by atoms with Gasteiger partial charge in [-0.1, -0.05) is 41.4 Å². The first kappa shape index (κ1) is 21.6. The van der Waals surface area contributed by atoms with Crippen molar-refractivity contribution in [2.75, 3.05) is 15.5 Å². The van der Waals surface area contributed by atoms with Crippen molar-refractivity contribution in [3.05, 3.63) is 99.7 Å². The number of nitrogens with one attached hydrogen (secondary N) is 2. The van der Waals surface area contributed by atoms with Gasteiger partial charge in [0.1, 0.15) is 10.7 Å². The first-order valence-electron chi connectivity index (χ1n) is 9.63. The third-order valence-electron chi connectivity index (χ3n) is 4.92. The molecule has 3 aromatic carbocycles. The summed E-state index contributed by atoms with van der Waals surface area (Å²) < 4.78 is 0. The van der Waals surface area contributed by atoms with E-state index in [1.54, 1.807) is 48.5 Å². The van der Waals surface area contributed by atoms with Crippen molar-refractivity contribution in [2.24, 2.45) is 0 Å². The minimum Gasteiger partial charge on any atom is -0.350 e. The van der Waals surface area contributed by atoms with E-state index in [-0.39, 0.29) is 16.6 Å². The van der Waals surface area contributed by atoms with Crippen molar-refractivity contribution < 1.29 is 14.4 Å². The van der Waals surface area contributed by atoms with Crippen LogP contribution in [-0.4, -0.2) is 17.7 Å². The van der Waals surface area contributed by atoms with Gasteiger partial charge in [0.05, 0.1) is 5.69 Å². The van der Waals surface area contributed by atoms with Crippen LogP contribution in [0, 0.1) is 6.92 Å². The average molecular weight is 466 g/mol. The molecule has 1 aliphatic rings. The number of imide groups is 1. The summed E-state index contributed by atoms with van der Waals surface area (Å²) in [6.07, 6.45) is 0. The Morgan fingerprint density at radius 1 is 0.844 bits per heavy atom. The number of hydrogen-bond acceptors (Lipinski definition) is 4. The molecule has 4 rings (SSSR count). The molecular weight excluding hydrogens is 449 g/mol. The number of nitrogens with zero attached hydrogens (tertiary/aromatic N) is 1. The summed E-state index contributed by atoms with van der Waals surface area (Å²) in [4.78, 5) is 38.9. The quantitative estimate of drug-likeness (QED) is 0.498. The molecule has 0 saturated heterocycles. The molecule has 3 aromatic rings. The number of carbonyl (C=O) groups is 3. The molecule has 32 heavy (non-hydrogen) atoms. The van der Waals surface area contributed by atoms with E-state index in [2.05, 4.69) is 10.6 Å². The zero-order chi connectivity index (χ0) is 22.8. The minimum atomic E-state index is -0.629. The second-order valence-corrected chi connectivity index (χ2v) is 7.90. The molecule has 0 aliphatic carbocycles. The van der Waals surface area contributed by atoms with Crippen LogP contribution in [0.3, 0.4) is 0 Å². The topological polar surface area (TPSA) is 78.5 Å². The van der Waals surface area contributed by atoms with Gasteiger partial charge in [0, 0.05) is 22.0 Å². The van der Waals surface area contributed by atoms with E-state index in [1.165, 1.54) is 0 Å².